The van der Waals surface area contributed by atoms with Crippen molar-refractivity contribution in [3.63, 3.8) is 0 Å². The minimum absolute atomic E-state index is 0.0292. The first-order valence-electron chi connectivity index (χ1n) is 5.76. The minimum Gasteiger partial charge on any atom is -0.508 e. The van der Waals surface area contributed by atoms with Crippen molar-refractivity contribution in [2.24, 2.45) is 0 Å². The van der Waals surface area contributed by atoms with Crippen molar-refractivity contribution in [1.82, 2.24) is 4.98 Å². The Kier molecular flexibility index (Phi) is 3.79. The summed E-state index contributed by atoms with van der Waals surface area (Å²) in [7, 11) is 0. The number of aryl methyl sites for hydroxylation is 1. The number of aromatic nitrogens is 1. The van der Waals surface area contributed by atoms with Gasteiger partial charge in [-0.2, -0.15) is 0 Å². The van der Waals surface area contributed by atoms with E-state index in [4.69, 9.17) is 0 Å². The Morgan fingerprint density at radius 1 is 1.11 bits per heavy atom. The molecule has 1 heterocycles. The van der Waals surface area contributed by atoms with E-state index in [-0.39, 0.29) is 11.5 Å². The maximum Gasteiger partial charge on any atom is 0.122 e. The van der Waals surface area contributed by atoms with Crippen LogP contribution in [0.15, 0.2) is 42.6 Å². The highest BCUT2D eigenvalue weighted by molar-refractivity contribution is 5.39. The number of rotatable bonds is 4. The lowest BCUT2D eigenvalue weighted by Gasteiger charge is -2.10. The number of hydrogen-bond acceptors (Lipinski definition) is 4. The van der Waals surface area contributed by atoms with E-state index >= 15 is 0 Å². The van der Waals surface area contributed by atoms with E-state index in [2.05, 4.69) is 4.98 Å². The average Bonchev–Trinajstić information content (AvgIpc) is 2.38. The predicted octanol–water partition coefficient (Wildman–Crippen LogP) is 2.16. The highest BCUT2D eigenvalue weighted by Crippen LogP contribution is 2.25. The summed E-state index contributed by atoms with van der Waals surface area (Å²) >= 11 is 0. The van der Waals surface area contributed by atoms with Gasteiger partial charge in [-0.1, -0.05) is 12.1 Å². The Labute approximate surface area is 105 Å². The molecule has 0 aliphatic heterocycles. The molecule has 1 aromatic carbocycles. The Morgan fingerprint density at radius 3 is 2.61 bits per heavy atom. The number of aliphatic hydroxyl groups is 1. The smallest absolute Gasteiger partial charge is 0.122 e. The lowest BCUT2D eigenvalue weighted by atomic mass is 10.0. The third-order valence-electron chi connectivity index (χ3n) is 2.79. The summed E-state index contributed by atoms with van der Waals surface area (Å²) in [6.07, 6.45) is 1.97. The molecule has 0 saturated carbocycles. The van der Waals surface area contributed by atoms with Gasteiger partial charge in [-0.3, -0.25) is 4.98 Å². The van der Waals surface area contributed by atoms with Gasteiger partial charge in [0, 0.05) is 12.3 Å². The number of benzene rings is 1. The predicted molar refractivity (Wildman–Crippen MR) is 67.3 cm³/mol. The fourth-order valence-corrected chi connectivity index (χ4v) is 1.78. The Bertz CT molecular complexity index is 514. The fraction of sp³-hybridized carbons (Fsp3) is 0.214. The van der Waals surface area contributed by atoms with Crippen molar-refractivity contribution < 1.29 is 15.3 Å². The van der Waals surface area contributed by atoms with E-state index in [1.807, 2.05) is 6.07 Å². The van der Waals surface area contributed by atoms with Crippen LogP contribution >= 0.6 is 0 Å². The van der Waals surface area contributed by atoms with Gasteiger partial charge >= 0.3 is 0 Å². The summed E-state index contributed by atoms with van der Waals surface area (Å²) in [5.74, 6) is 0.0738. The van der Waals surface area contributed by atoms with Crippen LogP contribution in [0.2, 0.25) is 0 Å². The topological polar surface area (TPSA) is 73.6 Å². The van der Waals surface area contributed by atoms with Gasteiger partial charge in [-0.05, 0) is 36.6 Å². The van der Waals surface area contributed by atoms with Gasteiger partial charge in [0.1, 0.15) is 11.5 Å². The minimum atomic E-state index is -0.653. The standard InChI is InChI=1S/C14H15NO3/c16-11-6-4-10(14(18)9-11)5-7-13(17)12-3-1-2-8-15-12/h1-4,6,8-9,13,16-18H,5,7H2. The third-order valence-corrected chi connectivity index (χ3v) is 2.79. The number of nitrogens with zero attached hydrogens (tertiary/aromatic N) is 1. The molecule has 0 saturated heterocycles. The molecule has 2 rings (SSSR count). The van der Waals surface area contributed by atoms with Gasteiger partial charge in [0.05, 0.1) is 11.8 Å². The number of aliphatic hydroxyl groups excluding tert-OH is 1. The molecule has 0 bridgehead atoms. The molecular formula is C14H15NO3. The molecule has 0 aliphatic carbocycles. The molecule has 0 spiro atoms. The molecule has 0 aliphatic rings. The molecule has 1 unspecified atom stereocenters. The van der Waals surface area contributed by atoms with Gasteiger partial charge in [0.15, 0.2) is 0 Å². The third kappa shape index (κ3) is 2.99. The van der Waals surface area contributed by atoms with Crippen LogP contribution < -0.4 is 0 Å². The first-order valence-corrected chi connectivity index (χ1v) is 5.76. The van der Waals surface area contributed by atoms with E-state index < -0.39 is 6.10 Å². The molecule has 0 radical (unpaired) electrons. The first-order chi connectivity index (χ1) is 8.66. The van der Waals surface area contributed by atoms with Crippen molar-refractivity contribution in [3.8, 4) is 11.5 Å². The molecular weight excluding hydrogens is 230 g/mol. The second kappa shape index (κ2) is 5.51. The van der Waals surface area contributed by atoms with Gasteiger partial charge in [0.25, 0.3) is 0 Å². The number of pyridine rings is 1. The van der Waals surface area contributed by atoms with Crippen LogP contribution in [0.5, 0.6) is 11.5 Å². The van der Waals surface area contributed by atoms with E-state index in [0.717, 1.165) is 0 Å². The van der Waals surface area contributed by atoms with Crippen molar-refractivity contribution in [2.45, 2.75) is 18.9 Å². The largest absolute Gasteiger partial charge is 0.508 e. The summed E-state index contributed by atoms with van der Waals surface area (Å²) in [6, 6.07) is 9.84. The van der Waals surface area contributed by atoms with Gasteiger partial charge in [0.2, 0.25) is 0 Å². The molecule has 0 fully saturated rings. The fourth-order valence-electron chi connectivity index (χ4n) is 1.78. The zero-order valence-corrected chi connectivity index (χ0v) is 9.82. The normalized spacial score (nSPS) is 12.3. The first kappa shape index (κ1) is 12.4. The zero-order chi connectivity index (χ0) is 13.0. The Balaban J connectivity index is 1.99. The molecule has 0 amide bonds. The van der Waals surface area contributed by atoms with Crippen molar-refractivity contribution in [3.05, 3.63) is 53.9 Å². The van der Waals surface area contributed by atoms with Crippen LogP contribution in [0, 0.1) is 0 Å². The van der Waals surface area contributed by atoms with Crippen molar-refractivity contribution in [1.29, 1.82) is 0 Å². The van der Waals surface area contributed by atoms with Crippen LogP contribution in [-0.4, -0.2) is 20.3 Å². The quantitative estimate of drug-likeness (QED) is 0.771. The maximum atomic E-state index is 9.93. The molecule has 18 heavy (non-hydrogen) atoms. The van der Waals surface area contributed by atoms with Gasteiger partial charge in [-0.25, -0.2) is 0 Å². The van der Waals surface area contributed by atoms with E-state index in [1.165, 1.54) is 12.1 Å². The van der Waals surface area contributed by atoms with E-state index in [0.29, 0.717) is 24.1 Å². The monoisotopic (exact) mass is 245 g/mol. The molecule has 4 nitrogen and oxygen atoms in total. The van der Waals surface area contributed by atoms with Crippen molar-refractivity contribution >= 4 is 0 Å². The SMILES string of the molecule is Oc1ccc(CCC(O)c2ccccn2)c(O)c1. The van der Waals surface area contributed by atoms with Crippen molar-refractivity contribution in [2.75, 3.05) is 0 Å². The van der Waals surface area contributed by atoms with Gasteiger partial charge in [-0.15, -0.1) is 0 Å². The highest BCUT2D eigenvalue weighted by Gasteiger charge is 2.10. The summed E-state index contributed by atoms with van der Waals surface area (Å²) in [6.45, 7) is 0. The summed E-state index contributed by atoms with van der Waals surface area (Å²) in [5.41, 5.74) is 1.32. The second-order valence-electron chi connectivity index (χ2n) is 4.12. The number of phenolic OH excluding ortho intramolecular Hbond substituents is 2. The Morgan fingerprint density at radius 2 is 1.94 bits per heavy atom. The highest BCUT2D eigenvalue weighted by atomic mass is 16.3. The summed E-state index contributed by atoms with van der Waals surface area (Å²) in [4.78, 5) is 4.07. The molecule has 94 valence electrons. The second-order valence-corrected chi connectivity index (χ2v) is 4.12. The molecule has 4 heteroatoms. The summed E-state index contributed by atoms with van der Waals surface area (Å²) in [5, 5.41) is 28.7. The molecule has 1 aromatic heterocycles. The lowest BCUT2D eigenvalue weighted by molar-refractivity contribution is 0.163. The van der Waals surface area contributed by atoms with Crippen LogP contribution in [0.3, 0.4) is 0 Å². The number of aromatic hydroxyl groups is 2. The van der Waals surface area contributed by atoms with Crippen LogP contribution in [0.1, 0.15) is 23.8 Å². The van der Waals surface area contributed by atoms with E-state index in [9.17, 15) is 15.3 Å². The van der Waals surface area contributed by atoms with Crippen LogP contribution in [0.25, 0.3) is 0 Å². The summed E-state index contributed by atoms with van der Waals surface area (Å²) < 4.78 is 0. The van der Waals surface area contributed by atoms with E-state index in [1.54, 1.807) is 24.4 Å². The number of phenols is 2. The van der Waals surface area contributed by atoms with Gasteiger partial charge < -0.3 is 15.3 Å². The molecule has 2 aromatic rings. The molecule has 3 N–H and O–H groups in total. The number of hydrogen-bond donors (Lipinski definition) is 3. The lowest BCUT2D eigenvalue weighted by Crippen LogP contribution is -2.01. The molecule has 1 atom stereocenters. The zero-order valence-electron chi connectivity index (χ0n) is 9.82. The van der Waals surface area contributed by atoms with Crippen LogP contribution in [0.4, 0.5) is 0 Å². The van der Waals surface area contributed by atoms with Crippen LogP contribution in [-0.2, 0) is 6.42 Å². The average molecular weight is 245 g/mol. The Hall–Kier alpha value is -2.07. The maximum absolute atomic E-state index is 9.93.